The van der Waals surface area contributed by atoms with Gasteiger partial charge < -0.3 is 19.8 Å². The molecule has 11 heteroatoms. The highest BCUT2D eigenvalue weighted by Crippen LogP contribution is 2.30. The first-order chi connectivity index (χ1) is 16.5. The van der Waals surface area contributed by atoms with Crippen LogP contribution in [0.1, 0.15) is 19.3 Å². The first kappa shape index (κ1) is 22.9. The lowest BCUT2D eigenvalue weighted by Gasteiger charge is -2.45. The summed E-state index contributed by atoms with van der Waals surface area (Å²) in [5, 5.41) is 10.4. The fourth-order valence-corrected chi connectivity index (χ4v) is 5.93. The first-order valence-corrected chi connectivity index (χ1v) is 12.7. The second-order valence-electron chi connectivity index (χ2n) is 9.15. The van der Waals surface area contributed by atoms with E-state index in [1.807, 2.05) is 6.07 Å². The van der Waals surface area contributed by atoms with E-state index in [9.17, 15) is 19.5 Å². The van der Waals surface area contributed by atoms with Gasteiger partial charge in [-0.05, 0) is 43.1 Å². The van der Waals surface area contributed by atoms with Gasteiger partial charge in [0.25, 0.3) is 0 Å². The monoisotopic (exact) mass is 486 g/mol. The molecule has 0 spiro atoms. The maximum absolute atomic E-state index is 12.8. The molecule has 1 unspecified atom stereocenters. The van der Waals surface area contributed by atoms with Crippen molar-refractivity contribution in [3.8, 4) is 0 Å². The minimum absolute atomic E-state index is 0.192. The van der Waals surface area contributed by atoms with E-state index in [0.717, 1.165) is 51.4 Å². The highest BCUT2D eigenvalue weighted by Gasteiger charge is 2.42. The number of fused-ring (bicyclic) bond motifs is 2. The average molecular weight is 487 g/mol. The molecule has 2 aromatic rings. The predicted octanol–water partition coefficient (Wildman–Crippen LogP) is 2.22. The van der Waals surface area contributed by atoms with Crippen LogP contribution in [0, 0.1) is 0 Å². The van der Waals surface area contributed by atoms with E-state index < -0.39 is 6.09 Å². The van der Waals surface area contributed by atoms with E-state index in [0.29, 0.717) is 19.6 Å². The topological polar surface area (TPSA) is 101 Å². The van der Waals surface area contributed by atoms with Crippen LogP contribution in [0.4, 0.5) is 15.4 Å². The van der Waals surface area contributed by atoms with Gasteiger partial charge in [0, 0.05) is 64.2 Å². The fourth-order valence-electron chi connectivity index (χ4n) is 5.14. The van der Waals surface area contributed by atoms with Crippen LogP contribution in [0.25, 0.3) is 10.1 Å². The van der Waals surface area contributed by atoms with Gasteiger partial charge in [0.2, 0.25) is 5.91 Å². The van der Waals surface area contributed by atoms with Crippen LogP contribution in [-0.2, 0) is 4.79 Å². The van der Waals surface area contributed by atoms with Crippen LogP contribution in [0.2, 0.25) is 0 Å². The zero-order chi connectivity index (χ0) is 23.7. The zero-order valence-corrected chi connectivity index (χ0v) is 20.0. The molecule has 4 heterocycles. The van der Waals surface area contributed by atoms with E-state index in [1.54, 1.807) is 16.4 Å². The number of carbonyl (C=O) groups is 3. The summed E-state index contributed by atoms with van der Waals surface area (Å²) in [6, 6.07) is 7.75. The number of hydrogen-bond acceptors (Lipinski definition) is 7. The van der Waals surface area contributed by atoms with Crippen LogP contribution in [-0.4, -0.2) is 112 Å². The standard InChI is InChI=1S/C23H30N6O4S/c30-20-15-17-16-27(23(32)33)13-14-28(17)22(31)29(20)8-4-3-7-25-9-11-26(12-10-25)21-18-5-1-2-6-19(18)34-24-21/h1-2,5-6,17H,3-4,7-16H2,(H,32,33). The number of carboxylic acid groups (broad SMARTS) is 1. The van der Waals surface area contributed by atoms with Crippen molar-refractivity contribution in [1.29, 1.82) is 0 Å². The third-order valence-corrected chi connectivity index (χ3v) is 7.89. The lowest BCUT2D eigenvalue weighted by molar-refractivity contribution is -0.133. The Morgan fingerprint density at radius 1 is 1.03 bits per heavy atom. The number of rotatable bonds is 6. The van der Waals surface area contributed by atoms with Gasteiger partial charge in [-0.2, -0.15) is 4.37 Å². The van der Waals surface area contributed by atoms with Crippen molar-refractivity contribution in [2.24, 2.45) is 0 Å². The molecule has 1 atom stereocenters. The molecule has 10 nitrogen and oxygen atoms in total. The number of imide groups is 1. The maximum atomic E-state index is 12.8. The number of anilines is 1. The Bertz CT molecular complexity index is 1070. The van der Waals surface area contributed by atoms with Gasteiger partial charge in [0.05, 0.1) is 10.7 Å². The lowest BCUT2D eigenvalue weighted by Crippen LogP contribution is -2.64. The second kappa shape index (κ2) is 9.75. The number of carbonyl (C=O) groups excluding carboxylic acids is 2. The van der Waals surface area contributed by atoms with Gasteiger partial charge in [-0.3, -0.25) is 14.6 Å². The molecule has 1 aromatic carbocycles. The summed E-state index contributed by atoms with van der Waals surface area (Å²) in [6.45, 7) is 6.06. The highest BCUT2D eigenvalue weighted by molar-refractivity contribution is 7.13. The van der Waals surface area contributed by atoms with Gasteiger partial charge in [-0.15, -0.1) is 0 Å². The number of amides is 4. The molecule has 3 fully saturated rings. The Hall–Kier alpha value is -2.92. The van der Waals surface area contributed by atoms with Crippen molar-refractivity contribution in [2.45, 2.75) is 25.3 Å². The van der Waals surface area contributed by atoms with Crippen LogP contribution >= 0.6 is 11.5 Å². The summed E-state index contributed by atoms with van der Waals surface area (Å²) in [4.78, 5) is 45.7. The molecule has 5 rings (SSSR count). The van der Waals surface area contributed by atoms with Crippen molar-refractivity contribution < 1.29 is 19.5 Å². The number of unbranched alkanes of at least 4 members (excludes halogenated alkanes) is 1. The van der Waals surface area contributed by atoms with Crippen molar-refractivity contribution in [3.63, 3.8) is 0 Å². The largest absolute Gasteiger partial charge is 0.465 e. The van der Waals surface area contributed by atoms with Gasteiger partial charge in [-0.25, -0.2) is 9.59 Å². The summed E-state index contributed by atoms with van der Waals surface area (Å²) in [5.41, 5.74) is 0. The Morgan fingerprint density at radius 3 is 2.59 bits per heavy atom. The number of urea groups is 1. The van der Waals surface area contributed by atoms with Gasteiger partial charge in [-0.1, -0.05) is 12.1 Å². The molecule has 4 amide bonds. The van der Waals surface area contributed by atoms with Crippen LogP contribution in [0.15, 0.2) is 24.3 Å². The highest BCUT2D eigenvalue weighted by atomic mass is 32.1. The molecule has 0 bridgehead atoms. The summed E-state index contributed by atoms with van der Waals surface area (Å²) in [6.07, 6.45) is 0.895. The van der Waals surface area contributed by atoms with Crippen molar-refractivity contribution in [3.05, 3.63) is 24.3 Å². The molecule has 34 heavy (non-hydrogen) atoms. The third kappa shape index (κ3) is 4.54. The Labute approximate surface area is 202 Å². The minimum Gasteiger partial charge on any atom is -0.465 e. The molecule has 0 saturated carbocycles. The van der Waals surface area contributed by atoms with Crippen LogP contribution < -0.4 is 4.90 Å². The Balaban J connectivity index is 1.05. The van der Waals surface area contributed by atoms with E-state index in [-0.39, 0.29) is 30.9 Å². The Morgan fingerprint density at radius 2 is 1.79 bits per heavy atom. The smallest absolute Gasteiger partial charge is 0.407 e. The van der Waals surface area contributed by atoms with Gasteiger partial charge in [0.1, 0.15) is 5.82 Å². The lowest BCUT2D eigenvalue weighted by atomic mass is 10.0. The molecule has 1 N–H and O–H groups in total. The maximum Gasteiger partial charge on any atom is 0.407 e. The molecule has 3 aliphatic rings. The van der Waals surface area contributed by atoms with Crippen LogP contribution in [0.5, 0.6) is 0 Å². The fraction of sp³-hybridized carbons (Fsp3) is 0.565. The number of piperazine rings is 2. The van der Waals surface area contributed by atoms with Crippen molar-refractivity contribution in [2.75, 3.05) is 63.8 Å². The molecular formula is C23H30N6O4S. The predicted molar refractivity (Wildman–Crippen MR) is 129 cm³/mol. The molecule has 3 aliphatic heterocycles. The summed E-state index contributed by atoms with van der Waals surface area (Å²) in [7, 11) is 0. The van der Waals surface area contributed by atoms with E-state index >= 15 is 0 Å². The quantitative estimate of drug-likeness (QED) is 0.625. The molecule has 182 valence electrons. The van der Waals surface area contributed by atoms with Gasteiger partial charge in [0.15, 0.2) is 0 Å². The normalized spacial score (nSPS) is 21.9. The minimum atomic E-state index is -0.997. The molecule has 0 aliphatic carbocycles. The number of aromatic nitrogens is 1. The SMILES string of the molecule is O=C(O)N1CCN2C(=O)N(CCCCN3CCN(c4nsc5ccccc45)CC3)C(=O)CC2C1. The first-order valence-electron chi connectivity index (χ1n) is 11.9. The molecular weight excluding hydrogens is 456 g/mol. The summed E-state index contributed by atoms with van der Waals surface area (Å²) < 4.78 is 5.89. The zero-order valence-electron chi connectivity index (χ0n) is 19.1. The number of nitrogens with zero attached hydrogens (tertiary/aromatic N) is 6. The third-order valence-electron chi connectivity index (χ3n) is 7.08. The second-order valence-corrected chi connectivity index (χ2v) is 9.95. The number of hydrogen-bond donors (Lipinski definition) is 1. The summed E-state index contributed by atoms with van der Waals surface area (Å²) >= 11 is 1.55. The summed E-state index contributed by atoms with van der Waals surface area (Å²) in [5.74, 6) is 0.896. The average Bonchev–Trinajstić information content (AvgIpc) is 3.27. The van der Waals surface area contributed by atoms with Crippen molar-refractivity contribution >= 4 is 45.5 Å². The van der Waals surface area contributed by atoms with E-state index in [2.05, 4.69) is 32.4 Å². The van der Waals surface area contributed by atoms with Crippen molar-refractivity contribution in [1.82, 2.24) is 24.0 Å². The van der Waals surface area contributed by atoms with E-state index in [4.69, 9.17) is 0 Å². The van der Waals surface area contributed by atoms with E-state index in [1.165, 1.54) is 19.9 Å². The molecule has 1 aromatic heterocycles. The molecule has 3 saturated heterocycles. The number of benzene rings is 1. The van der Waals surface area contributed by atoms with Crippen LogP contribution in [0.3, 0.4) is 0 Å². The molecule has 0 radical (unpaired) electrons. The van der Waals surface area contributed by atoms with Gasteiger partial charge >= 0.3 is 12.1 Å². The Kier molecular flexibility index (Phi) is 6.55.